The number of amides is 2. The Morgan fingerprint density at radius 1 is 1.26 bits per heavy atom. The second-order valence-corrected chi connectivity index (χ2v) is 8.17. The van der Waals surface area contributed by atoms with E-state index in [9.17, 15) is 18.0 Å². The molecule has 1 unspecified atom stereocenters. The molecule has 8 nitrogen and oxygen atoms in total. The van der Waals surface area contributed by atoms with Crippen LogP contribution in [0.5, 0.6) is 5.75 Å². The summed E-state index contributed by atoms with van der Waals surface area (Å²) in [6.45, 7) is 3.25. The molecule has 2 amide bonds. The van der Waals surface area contributed by atoms with Gasteiger partial charge in [-0.2, -0.15) is 0 Å². The third-order valence-corrected chi connectivity index (χ3v) is 4.85. The summed E-state index contributed by atoms with van der Waals surface area (Å²) >= 11 is 0. The Morgan fingerprint density at radius 2 is 2.00 bits per heavy atom. The normalized spacial score (nSPS) is 18.9. The molecule has 2 aromatic carbocycles. The fourth-order valence-electron chi connectivity index (χ4n) is 2.71. The minimum atomic E-state index is -3.70. The molecule has 0 radical (unpaired) electrons. The van der Waals surface area contributed by atoms with Crippen molar-refractivity contribution in [3.05, 3.63) is 53.6 Å². The number of hydrogen-bond donors (Lipinski definition) is 3. The molecule has 1 heterocycles. The summed E-state index contributed by atoms with van der Waals surface area (Å²) in [5.41, 5.74) is 0.402. The average molecular weight is 389 g/mol. The van der Waals surface area contributed by atoms with Crippen molar-refractivity contribution in [1.29, 1.82) is 0 Å². The SMILES string of the molecule is Cc1ccc2c(c1)NC(=O)C(C)(C(=O)Nc1cccc(CS(N)(=O)=O)c1)O2. The lowest BCUT2D eigenvalue weighted by atomic mass is 10.0. The quantitative estimate of drug-likeness (QED) is 0.683. The first-order valence-corrected chi connectivity index (χ1v) is 9.80. The van der Waals surface area contributed by atoms with E-state index in [2.05, 4.69) is 10.6 Å². The first-order chi connectivity index (χ1) is 12.6. The van der Waals surface area contributed by atoms with E-state index in [1.54, 1.807) is 30.3 Å². The summed E-state index contributed by atoms with van der Waals surface area (Å²) in [5, 5.41) is 10.3. The second kappa shape index (κ2) is 6.67. The summed E-state index contributed by atoms with van der Waals surface area (Å²) < 4.78 is 28.2. The van der Waals surface area contributed by atoms with E-state index in [-0.39, 0.29) is 5.75 Å². The zero-order valence-corrected chi connectivity index (χ0v) is 15.6. The van der Waals surface area contributed by atoms with Crippen molar-refractivity contribution in [1.82, 2.24) is 0 Å². The van der Waals surface area contributed by atoms with Crippen LogP contribution in [0.25, 0.3) is 0 Å². The van der Waals surface area contributed by atoms with Crippen LogP contribution in [0.2, 0.25) is 0 Å². The van der Waals surface area contributed by atoms with E-state index in [1.807, 2.05) is 13.0 Å². The maximum Gasteiger partial charge on any atom is 0.278 e. The lowest BCUT2D eigenvalue weighted by Gasteiger charge is -2.33. The van der Waals surface area contributed by atoms with Crippen molar-refractivity contribution in [3.63, 3.8) is 0 Å². The van der Waals surface area contributed by atoms with Crippen molar-refractivity contribution in [3.8, 4) is 5.75 Å². The summed E-state index contributed by atoms with van der Waals surface area (Å²) in [6, 6.07) is 11.5. The highest BCUT2D eigenvalue weighted by Gasteiger charge is 2.47. The monoisotopic (exact) mass is 389 g/mol. The van der Waals surface area contributed by atoms with Crippen LogP contribution in [-0.4, -0.2) is 25.8 Å². The molecule has 4 N–H and O–H groups in total. The highest BCUT2D eigenvalue weighted by molar-refractivity contribution is 7.88. The van der Waals surface area contributed by atoms with Gasteiger partial charge in [0, 0.05) is 5.69 Å². The molecule has 0 aromatic heterocycles. The van der Waals surface area contributed by atoms with Crippen molar-refractivity contribution in [2.75, 3.05) is 10.6 Å². The van der Waals surface area contributed by atoms with Crippen LogP contribution < -0.4 is 20.5 Å². The highest BCUT2D eigenvalue weighted by Crippen LogP contribution is 2.34. The van der Waals surface area contributed by atoms with Crippen LogP contribution in [0.15, 0.2) is 42.5 Å². The predicted molar refractivity (Wildman–Crippen MR) is 101 cm³/mol. The number of fused-ring (bicyclic) bond motifs is 1. The molecule has 1 aliphatic heterocycles. The maximum atomic E-state index is 12.7. The Hall–Kier alpha value is -2.91. The molecule has 1 aliphatic rings. The molecule has 0 saturated carbocycles. The molecule has 3 rings (SSSR count). The Bertz CT molecular complexity index is 1040. The second-order valence-electron chi connectivity index (χ2n) is 6.55. The van der Waals surface area contributed by atoms with Gasteiger partial charge in [0.25, 0.3) is 17.4 Å². The number of nitrogens with two attached hydrogens (primary N) is 1. The van der Waals surface area contributed by atoms with Crippen molar-refractivity contribution >= 4 is 33.2 Å². The number of anilines is 2. The molecule has 1 atom stereocenters. The average Bonchev–Trinajstić information content (AvgIpc) is 2.55. The largest absolute Gasteiger partial charge is 0.466 e. The van der Waals surface area contributed by atoms with Crippen LogP contribution in [0.4, 0.5) is 11.4 Å². The molecule has 0 saturated heterocycles. The molecular weight excluding hydrogens is 370 g/mol. The van der Waals surface area contributed by atoms with E-state index in [1.165, 1.54) is 13.0 Å². The van der Waals surface area contributed by atoms with Gasteiger partial charge in [0.15, 0.2) is 0 Å². The van der Waals surface area contributed by atoms with Gasteiger partial charge < -0.3 is 15.4 Å². The predicted octanol–water partition coefficient (Wildman–Crippen LogP) is 1.51. The van der Waals surface area contributed by atoms with Crippen LogP contribution in [0.1, 0.15) is 18.1 Å². The molecule has 0 fully saturated rings. The van der Waals surface area contributed by atoms with Gasteiger partial charge >= 0.3 is 0 Å². The Labute approximate surface area is 156 Å². The lowest BCUT2D eigenvalue weighted by molar-refractivity contribution is -0.143. The smallest absolute Gasteiger partial charge is 0.278 e. The topological polar surface area (TPSA) is 128 Å². The van der Waals surface area contributed by atoms with Gasteiger partial charge in [0.05, 0.1) is 11.4 Å². The van der Waals surface area contributed by atoms with E-state index in [0.29, 0.717) is 22.7 Å². The number of carbonyl (C=O) groups is 2. The number of primary sulfonamides is 1. The molecular formula is C18H19N3O5S. The third-order valence-electron chi connectivity index (χ3n) is 4.12. The first kappa shape index (κ1) is 18.9. The van der Waals surface area contributed by atoms with Crippen molar-refractivity contribution in [2.24, 2.45) is 5.14 Å². The lowest BCUT2D eigenvalue weighted by Crippen LogP contribution is -2.56. The van der Waals surface area contributed by atoms with E-state index < -0.39 is 27.4 Å². The van der Waals surface area contributed by atoms with E-state index in [4.69, 9.17) is 9.88 Å². The zero-order valence-electron chi connectivity index (χ0n) is 14.8. The fraction of sp³-hybridized carbons (Fsp3) is 0.222. The minimum Gasteiger partial charge on any atom is -0.466 e. The minimum absolute atomic E-state index is 0.327. The highest BCUT2D eigenvalue weighted by atomic mass is 32.2. The Kier molecular flexibility index (Phi) is 4.66. The zero-order chi connectivity index (χ0) is 19.8. The van der Waals surface area contributed by atoms with Gasteiger partial charge in [0.1, 0.15) is 5.75 Å². The number of ether oxygens (including phenoxy) is 1. The standard InChI is InChI=1S/C18H19N3O5S/c1-11-6-7-15-14(8-11)21-17(23)18(2,26-15)16(22)20-13-5-3-4-12(9-13)10-27(19,24)25/h3-9H,10H2,1-2H3,(H,20,22)(H,21,23)(H2,19,24,25). The summed E-state index contributed by atoms with van der Waals surface area (Å²) in [7, 11) is -3.70. The van der Waals surface area contributed by atoms with Gasteiger partial charge in [0.2, 0.25) is 10.0 Å². The molecule has 0 spiro atoms. The van der Waals surface area contributed by atoms with Crippen LogP contribution in [-0.2, 0) is 25.4 Å². The first-order valence-electron chi connectivity index (χ1n) is 8.09. The van der Waals surface area contributed by atoms with Gasteiger partial charge in [-0.15, -0.1) is 0 Å². The Morgan fingerprint density at radius 3 is 2.70 bits per heavy atom. The molecule has 142 valence electrons. The van der Waals surface area contributed by atoms with Crippen LogP contribution in [0, 0.1) is 6.92 Å². The number of hydrogen-bond acceptors (Lipinski definition) is 5. The molecule has 2 aromatic rings. The van der Waals surface area contributed by atoms with Gasteiger partial charge in [-0.3, -0.25) is 9.59 Å². The van der Waals surface area contributed by atoms with Gasteiger partial charge in [-0.1, -0.05) is 18.2 Å². The number of benzene rings is 2. The third kappa shape index (κ3) is 4.09. The number of aryl methyl sites for hydroxylation is 1. The number of sulfonamides is 1. The van der Waals surface area contributed by atoms with E-state index in [0.717, 1.165) is 5.56 Å². The van der Waals surface area contributed by atoms with Gasteiger partial charge in [-0.25, -0.2) is 13.6 Å². The number of nitrogens with one attached hydrogen (secondary N) is 2. The van der Waals surface area contributed by atoms with Crippen LogP contribution >= 0.6 is 0 Å². The molecule has 27 heavy (non-hydrogen) atoms. The number of rotatable bonds is 4. The Balaban J connectivity index is 1.82. The van der Waals surface area contributed by atoms with Gasteiger partial charge in [-0.05, 0) is 49.2 Å². The molecule has 9 heteroatoms. The number of carbonyl (C=O) groups excluding carboxylic acids is 2. The molecule has 0 bridgehead atoms. The summed E-state index contributed by atoms with van der Waals surface area (Å²) in [6.07, 6.45) is 0. The molecule has 0 aliphatic carbocycles. The van der Waals surface area contributed by atoms with E-state index >= 15 is 0 Å². The summed E-state index contributed by atoms with van der Waals surface area (Å²) in [5.74, 6) is -1.25. The van der Waals surface area contributed by atoms with Crippen LogP contribution in [0.3, 0.4) is 0 Å². The maximum absolute atomic E-state index is 12.7. The van der Waals surface area contributed by atoms with Crippen molar-refractivity contribution in [2.45, 2.75) is 25.2 Å². The fourth-order valence-corrected chi connectivity index (χ4v) is 3.35. The summed E-state index contributed by atoms with van der Waals surface area (Å²) in [4.78, 5) is 25.2. The van der Waals surface area contributed by atoms with Crippen molar-refractivity contribution < 1.29 is 22.7 Å².